The molecule has 138 heavy (non-hydrogen) atoms. The molecule has 7 aliphatic heterocycles. The second kappa shape index (κ2) is 42.8. The molecule has 4 amide bonds. The van der Waals surface area contributed by atoms with Gasteiger partial charge in [-0.05, 0) is 47.6 Å². The fraction of sp³-hybridized carbons (Fsp3) is 0.438. The highest BCUT2D eigenvalue weighted by molar-refractivity contribution is 7.85. The zero-order valence-electron chi connectivity index (χ0n) is 71.5. The molecule has 9 N–H and O–H groups in total. The quantitative estimate of drug-likeness (QED) is 0.0100. The number of rotatable bonds is 27. The summed E-state index contributed by atoms with van der Waals surface area (Å²) in [5.41, 5.74) is -4.19. The van der Waals surface area contributed by atoms with Crippen molar-refractivity contribution in [2.45, 2.75) is 140 Å². The van der Waals surface area contributed by atoms with Crippen LogP contribution in [0.4, 0.5) is 37.1 Å². The number of amides is 4. The lowest BCUT2D eigenvalue weighted by Crippen LogP contribution is -2.45. The third-order valence-corrected chi connectivity index (χ3v) is 26.0. The second-order valence-corrected chi connectivity index (χ2v) is 39.1. The molecule has 0 radical (unpaired) electrons. The summed E-state index contributed by atoms with van der Waals surface area (Å²) in [5.74, 6) is -2.57. The molecule has 51 nitrogen and oxygen atoms in total. The first kappa shape index (κ1) is 102. The van der Waals surface area contributed by atoms with E-state index in [9.17, 15) is 62.4 Å². The smallest absolute Gasteiger partial charge is 0.450 e. The van der Waals surface area contributed by atoms with Crippen LogP contribution in [0.15, 0.2) is 139 Å². The largest absolute Gasteiger partial charge is 0.506 e. The van der Waals surface area contributed by atoms with E-state index in [1.54, 1.807) is 113 Å². The predicted molar refractivity (Wildman–Crippen MR) is 477 cm³/mol. The summed E-state index contributed by atoms with van der Waals surface area (Å²) in [5, 5.41) is 30.6. The van der Waals surface area contributed by atoms with Crippen LogP contribution in [0, 0.1) is 25.0 Å². The number of aromatic nitrogens is 16. The maximum atomic E-state index is 16.5. The van der Waals surface area contributed by atoms with Crippen molar-refractivity contribution in [3.63, 3.8) is 0 Å². The van der Waals surface area contributed by atoms with Gasteiger partial charge in [0.1, 0.15) is 85.5 Å². The molecule has 15 heterocycles. The van der Waals surface area contributed by atoms with Crippen LogP contribution >= 0.6 is 42.2 Å². The standard InChI is InChI=1S/C36H37FN11O14P.C35H36FN11O13P2.C7H8ClO2P.2CH4/c1-17(2)29(50)45-34-44-28-22(31(52)46-34)42-16-48(28)32-23(60-35(53)54)20(37)19(59-32)11-58-63(55,57-10-9-38-3)62-25-24-33(61-36(25,12-49)13-56-24)47-15-41-21-26(39-14-40-27(21)47)43-30(51)18-7-5-4-6-8-18;1-17(2)29(48)44-34-43-28-22(31(50)45-34)41-16-47(28)32-23-20(36)19(57-32)11-56-62(52,55-10-9-37-3)60-25-24-33(58-35(25,12-53-24)13-54-61(51)59-23)46-15-40-21-26(38-14-39-27(21)46)42-30(49)18-7-5-4-6-8-18;1-11(8,9)10-7-5-3-2-4-6-7;;/h4-8,14-17,19-20,23-25,32-33,49H,9-13H2,1-2H3,(H,53,54)(H,39,40,43,51)(H2,44,45,46,50,52);4-8,14-17,19-20,23-25,32-33,51H,9-13H2,1-2H3,(H,38,39,42,49)(H2,43,44,45,48,50);2-6H,1H3;2*1H4/t19-,20-,23-,24-,25+,32-,33-,36+,63?;19-,20-,23-,24-,25+,32-,33-,35-,61?,62?;;;/m11.../s1. The minimum atomic E-state index is -4.91. The van der Waals surface area contributed by atoms with Crippen molar-refractivity contribution in [3.8, 4) is 5.75 Å². The Morgan fingerprint density at radius 2 is 1.17 bits per heavy atom. The molecule has 0 saturated carbocycles. The van der Waals surface area contributed by atoms with Gasteiger partial charge in [-0.2, -0.15) is 9.97 Å². The Kier molecular flexibility index (Phi) is 31.6. The number of fused-ring (bicyclic) bond motifs is 8. The van der Waals surface area contributed by atoms with E-state index in [1.165, 1.54) is 45.7 Å². The van der Waals surface area contributed by atoms with Gasteiger partial charge >= 0.3 is 37.1 Å². The van der Waals surface area contributed by atoms with Crippen LogP contribution in [0.5, 0.6) is 5.75 Å². The van der Waals surface area contributed by atoms with Crippen molar-refractivity contribution in [1.82, 2.24) is 78.1 Å². The van der Waals surface area contributed by atoms with Crippen LogP contribution < -0.4 is 36.9 Å². The predicted octanol–water partition coefficient (Wildman–Crippen LogP) is 9.40. The molecule has 0 spiro atoms. The molecule has 7 fully saturated rings. The van der Waals surface area contributed by atoms with Crippen molar-refractivity contribution in [3.05, 3.63) is 184 Å². The third-order valence-electron chi connectivity index (χ3n) is 21.6. The van der Waals surface area contributed by atoms with Gasteiger partial charge in [0.2, 0.25) is 36.8 Å². The van der Waals surface area contributed by atoms with Gasteiger partial charge in [-0.3, -0.25) is 99.3 Å². The number of aliphatic hydroxyl groups is 1. The Morgan fingerprint density at radius 3 is 1.70 bits per heavy atom. The lowest BCUT2D eigenvalue weighted by Gasteiger charge is -2.32. The molecule has 18 rings (SSSR count). The average molecular weight is 2020 g/mol. The zero-order chi connectivity index (χ0) is 96.3. The number of hydrogen-bond acceptors (Lipinski definition) is 38. The van der Waals surface area contributed by atoms with Crippen LogP contribution in [0.1, 0.15) is 88.2 Å². The summed E-state index contributed by atoms with van der Waals surface area (Å²) >= 11 is 5.40. The first-order valence-corrected chi connectivity index (χ1v) is 48.2. The number of ether oxygens (including phenoxy) is 7. The number of nitrogens with zero attached hydrogens (tertiary/aromatic N) is 16. The number of nitrogens with one attached hydrogen (secondary N) is 6. The van der Waals surface area contributed by atoms with E-state index in [0.29, 0.717) is 16.9 Å². The molecule has 6 bridgehead atoms. The molecule has 11 aromatic rings. The van der Waals surface area contributed by atoms with Crippen molar-refractivity contribution < 1.29 is 135 Å². The molecule has 0 aliphatic carbocycles. The van der Waals surface area contributed by atoms with Crippen molar-refractivity contribution in [1.29, 1.82) is 0 Å². The summed E-state index contributed by atoms with van der Waals surface area (Å²) in [6, 6.07) is 25.7. The molecule has 20 atom stereocenters. The van der Waals surface area contributed by atoms with Gasteiger partial charge in [0.25, 0.3) is 22.9 Å². The lowest BCUT2D eigenvalue weighted by atomic mass is 10.0. The number of para-hydroxylation sites is 1. The summed E-state index contributed by atoms with van der Waals surface area (Å²) in [4.78, 5) is 153. The Hall–Kier alpha value is -12.0. The average Bonchev–Trinajstić information content (AvgIpc) is 1.56. The maximum Gasteiger partial charge on any atom is 0.506 e. The van der Waals surface area contributed by atoms with Crippen LogP contribution in [0.25, 0.3) is 54.3 Å². The van der Waals surface area contributed by atoms with Gasteiger partial charge in [-0.1, -0.05) is 97.1 Å². The molecular formula is C80H89ClF2N22O29P4. The van der Waals surface area contributed by atoms with E-state index >= 15 is 8.78 Å². The highest BCUT2D eigenvalue weighted by Gasteiger charge is 2.68. The normalized spacial score (nSPS) is 27.1. The molecule has 7 saturated heterocycles. The molecule has 3 aromatic carbocycles. The highest BCUT2D eigenvalue weighted by Crippen LogP contribution is 2.61. The molecule has 7 aliphatic rings. The summed E-state index contributed by atoms with van der Waals surface area (Å²) < 4.78 is 171. The zero-order valence-corrected chi connectivity index (χ0v) is 75.8. The second-order valence-electron chi connectivity index (χ2n) is 31.4. The Balaban J connectivity index is 0.000000195. The van der Waals surface area contributed by atoms with Crippen LogP contribution in [0.3, 0.4) is 0 Å². The summed E-state index contributed by atoms with van der Waals surface area (Å²) in [7, 11) is -12.6. The van der Waals surface area contributed by atoms with Gasteiger partial charge in [-0.15, -0.1) is 0 Å². The Bertz CT molecular complexity index is 6660. The van der Waals surface area contributed by atoms with Gasteiger partial charge in [-0.25, -0.2) is 75.7 Å². The minimum Gasteiger partial charge on any atom is -0.450 e. The molecule has 734 valence electrons. The molecule has 4 unspecified atom stereocenters. The third kappa shape index (κ3) is 21.7. The number of phosphoric acid groups is 2. The summed E-state index contributed by atoms with van der Waals surface area (Å²) in [6.45, 7) is 14.4. The number of anilines is 4. The number of carbonyl (C=O) groups is 5. The van der Waals surface area contributed by atoms with E-state index < -0.39 is 221 Å². The van der Waals surface area contributed by atoms with Gasteiger partial charge in [0.05, 0.1) is 65.0 Å². The maximum absolute atomic E-state index is 16.5. The van der Waals surface area contributed by atoms with Crippen molar-refractivity contribution in [2.24, 2.45) is 11.8 Å². The SMILES string of the molecule is C.C.CP(=O)(Cl)Oc1ccccc1.[C-]#[N+]CCOP(=O)(OC[C@H]1O[C@@H](n2cnc3c(=O)[nH]c(NC(=O)C(C)C)nc32)[C@H](OC(=O)O)[C@@H]1F)O[C@H]1[C@H]2OC[C@]1(CO)O[C@H]2n1cnc2c(NC(=O)c3ccccc3)ncnc21.[C-]#[N+]CCOP1(=O)OC[C@H]2O[C@@H](n3cnc4c(=O)[nH]c(NC(=O)C(C)C)nc43)[C@H](OP(O)OC[C@@]34CO[C@@H]([C@H](n5cnc6c(NC(=O)c7ccccc7)ncnc65)O3)[C@@H]4O1)[C@@H]2F. The fourth-order valence-electron chi connectivity index (χ4n) is 15.1. The van der Waals surface area contributed by atoms with E-state index in [1.807, 2.05) is 6.07 Å². The Labute approximate surface area is 785 Å². The van der Waals surface area contributed by atoms with Gasteiger partial charge in [0, 0.05) is 29.6 Å². The number of aromatic amines is 2. The highest BCUT2D eigenvalue weighted by atomic mass is 35.7. The Morgan fingerprint density at radius 1 is 0.652 bits per heavy atom. The van der Waals surface area contributed by atoms with Crippen LogP contribution in [-0.4, -0.2) is 268 Å². The fourth-order valence-corrected chi connectivity index (χ4v) is 19.5. The topological polar surface area (TPSA) is 616 Å². The lowest BCUT2D eigenvalue weighted by molar-refractivity contribution is -0.185. The number of H-pyrrole nitrogens is 2. The first-order valence-electron chi connectivity index (χ1n) is 41.1. The number of carboxylic acid groups (broad SMARTS) is 1. The van der Waals surface area contributed by atoms with E-state index in [4.69, 9.17) is 98.3 Å². The van der Waals surface area contributed by atoms with Gasteiger partial charge < -0.3 is 82.2 Å². The number of phosphoric ester groups is 2. The summed E-state index contributed by atoms with van der Waals surface area (Å²) in [6.07, 6.45) is -16.3. The molecule has 8 aromatic heterocycles. The number of aliphatic hydroxyl groups excluding tert-OH is 1. The van der Waals surface area contributed by atoms with E-state index in [0.717, 1.165) is 17.2 Å². The van der Waals surface area contributed by atoms with Crippen LogP contribution in [-0.2, 0) is 92.6 Å². The van der Waals surface area contributed by atoms with E-state index in [-0.39, 0.29) is 109 Å². The first-order chi connectivity index (χ1) is 65.2. The minimum absolute atomic E-state index is 0. The number of carbonyl (C=O) groups excluding carboxylic acids is 4. The number of halogens is 3. The van der Waals surface area contributed by atoms with Crippen LogP contribution in [0.2, 0.25) is 0 Å². The number of benzene rings is 3. The number of alkyl halides is 2. The van der Waals surface area contributed by atoms with E-state index in [2.05, 4.69) is 90.8 Å². The monoisotopic (exact) mass is 2020 g/mol. The number of imidazole rings is 4. The van der Waals surface area contributed by atoms with Gasteiger partial charge in [0.15, 0.2) is 99.7 Å². The molecule has 58 heteroatoms. The van der Waals surface area contributed by atoms with Crippen molar-refractivity contribution in [2.75, 3.05) is 93.9 Å². The molecular weight excluding hydrogens is 1930 g/mol. The number of hydrogen-bond donors (Lipinski definition) is 9. The van der Waals surface area contributed by atoms with Crippen molar-refractivity contribution >= 4 is 140 Å².